The lowest BCUT2D eigenvalue weighted by Crippen LogP contribution is -2.44. The van der Waals surface area contributed by atoms with E-state index in [-0.39, 0.29) is 24.3 Å². The largest absolute Gasteiger partial charge is 0.494 e. The third kappa shape index (κ3) is 5.80. The van der Waals surface area contributed by atoms with Gasteiger partial charge >= 0.3 is 5.97 Å². The number of fused-ring (bicyclic) bond motifs is 1. The van der Waals surface area contributed by atoms with Crippen molar-refractivity contribution in [2.24, 2.45) is 5.92 Å². The number of benzene rings is 2. The first-order valence-corrected chi connectivity index (χ1v) is 12.5. The maximum atomic E-state index is 13.0. The Bertz CT molecular complexity index is 1290. The summed E-state index contributed by atoms with van der Waals surface area (Å²) in [6, 6.07) is 15.1. The Morgan fingerprint density at radius 1 is 1.11 bits per heavy atom. The van der Waals surface area contributed by atoms with Crippen LogP contribution in [-0.2, 0) is 11.3 Å². The summed E-state index contributed by atoms with van der Waals surface area (Å²) in [6.07, 6.45) is 3.60. The number of unbranched alkanes of at least 4 members (excludes halogenated alkanes) is 1. The predicted octanol–water partition coefficient (Wildman–Crippen LogP) is 5.24. The average molecular weight is 502 g/mol. The monoisotopic (exact) mass is 501 g/mol. The molecule has 2 heterocycles. The van der Waals surface area contributed by atoms with E-state index in [1.165, 1.54) is 4.90 Å². The summed E-state index contributed by atoms with van der Waals surface area (Å²) in [4.78, 5) is 43.2. The number of carboxylic acid groups (broad SMARTS) is 1. The van der Waals surface area contributed by atoms with E-state index in [1.807, 2.05) is 12.1 Å². The Morgan fingerprint density at radius 2 is 1.86 bits per heavy atom. The van der Waals surface area contributed by atoms with E-state index in [2.05, 4.69) is 17.2 Å². The SMILES string of the molecule is CCCCOc1ccc(C(=O)Nc2ccc(-c3ccc4c(c3)C(=O)N([C@@H](C(=O)O)C(C)C)C4)nc2)cc1. The van der Waals surface area contributed by atoms with Crippen molar-refractivity contribution in [2.45, 2.75) is 46.2 Å². The molecular weight excluding hydrogens is 470 g/mol. The van der Waals surface area contributed by atoms with Crippen LogP contribution in [0.5, 0.6) is 5.75 Å². The minimum atomic E-state index is -1.01. The highest BCUT2D eigenvalue weighted by Crippen LogP contribution is 2.31. The van der Waals surface area contributed by atoms with Crippen molar-refractivity contribution in [2.75, 3.05) is 11.9 Å². The number of pyridine rings is 1. The summed E-state index contributed by atoms with van der Waals surface area (Å²) in [5, 5.41) is 12.4. The molecule has 0 saturated carbocycles. The summed E-state index contributed by atoms with van der Waals surface area (Å²) in [5.74, 6) is -1.03. The van der Waals surface area contributed by atoms with Crippen molar-refractivity contribution in [1.82, 2.24) is 9.88 Å². The van der Waals surface area contributed by atoms with E-state index in [0.717, 1.165) is 29.7 Å². The molecule has 0 unspecified atom stereocenters. The second kappa shape index (κ2) is 11.2. The molecule has 8 nitrogen and oxygen atoms in total. The Kier molecular flexibility index (Phi) is 7.86. The third-order valence-corrected chi connectivity index (χ3v) is 6.36. The summed E-state index contributed by atoms with van der Waals surface area (Å²) >= 11 is 0. The quantitative estimate of drug-likeness (QED) is 0.368. The molecule has 0 fully saturated rings. The lowest BCUT2D eigenvalue weighted by atomic mass is 10.0. The fraction of sp³-hybridized carbons (Fsp3) is 0.310. The number of carboxylic acids is 1. The molecule has 37 heavy (non-hydrogen) atoms. The van der Waals surface area contributed by atoms with Gasteiger partial charge in [-0.25, -0.2) is 4.79 Å². The summed E-state index contributed by atoms with van der Waals surface area (Å²) in [7, 11) is 0. The van der Waals surface area contributed by atoms with Gasteiger partial charge in [0.2, 0.25) is 0 Å². The van der Waals surface area contributed by atoms with Crippen molar-refractivity contribution in [3.8, 4) is 17.0 Å². The summed E-state index contributed by atoms with van der Waals surface area (Å²) < 4.78 is 5.64. The zero-order chi connectivity index (χ0) is 26.5. The van der Waals surface area contributed by atoms with Gasteiger partial charge in [0.15, 0.2) is 0 Å². The smallest absolute Gasteiger partial charge is 0.326 e. The molecule has 192 valence electrons. The molecule has 0 bridgehead atoms. The Morgan fingerprint density at radius 3 is 2.49 bits per heavy atom. The van der Waals surface area contributed by atoms with Crippen LogP contribution in [0.3, 0.4) is 0 Å². The van der Waals surface area contributed by atoms with Crippen LogP contribution in [0.2, 0.25) is 0 Å². The summed E-state index contributed by atoms with van der Waals surface area (Å²) in [5.41, 5.74) is 3.72. The molecule has 0 spiro atoms. The lowest BCUT2D eigenvalue weighted by Gasteiger charge is -2.27. The topological polar surface area (TPSA) is 109 Å². The first-order chi connectivity index (χ1) is 17.8. The van der Waals surface area contributed by atoms with E-state index in [9.17, 15) is 19.5 Å². The number of ether oxygens (including phenoxy) is 1. The van der Waals surface area contributed by atoms with Gasteiger partial charge in [-0.2, -0.15) is 0 Å². The highest BCUT2D eigenvalue weighted by Gasteiger charge is 2.38. The molecule has 0 aliphatic carbocycles. The van der Waals surface area contributed by atoms with Gasteiger partial charge < -0.3 is 20.1 Å². The van der Waals surface area contributed by atoms with Gasteiger partial charge in [0.1, 0.15) is 11.8 Å². The maximum Gasteiger partial charge on any atom is 0.326 e. The standard InChI is InChI=1S/C29H31N3O5/c1-4-5-14-37-23-11-8-19(9-12-23)27(33)31-22-10-13-25(30-16-22)20-6-7-21-17-32(28(34)24(21)15-20)26(18(2)3)29(35)36/h6-13,15-16,18,26H,4-5,14,17H2,1-3H3,(H,31,33)(H,35,36)/t26-/m1/s1. The molecule has 4 rings (SSSR count). The second-order valence-electron chi connectivity index (χ2n) is 9.44. The molecule has 2 aromatic carbocycles. The van der Waals surface area contributed by atoms with Gasteiger partial charge in [-0.1, -0.05) is 39.3 Å². The van der Waals surface area contributed by atoms with Gasteiger partial charge in [-0.05, 0) is 60.4 Å². The van der Waals surface area contributed by atoms with Gasteiger partial charge in [-0.15, -0.1) is 0 Å². The number of carbonyl (C=O) groups excluding carboxylic acids is 2. The molecule has 1 aromatic heterocycles. The fourth-order valence-electron chi connectivity index (χ4n) is 4.36. The number of amides is 2. The molecule has 2 N–H and O–H groups in total. The minimum Gasteiger partial charge on any atom is -0.494 e. The van der Waals surface area contributed by atoms with E-state index < -0.39 is 12.0 Å². The molecule has 1 aliphatic heterocycles. The normalized spacial score (nSPS) is 13.4. The van der Waals surface area contributed by atoms with Gasteiger partial charge in [0.25, 0.3) is 11.8 Å². The van der Waals surface area contributed by atoms with Crippen molar-refractivity contribution in [3.05, 3.63) is 77.5 Å². The Labute approximate surface area is 216 Å². The fourth-order valence-corrected chi connectivity index (χ4v) is 4.36. The zero-order valence-corrected chi connectivity index (χ0v) is 21.2. The van der Waals surface area contributed by atoms with Crippen LogP contribution in [0.4, 0.5) is 5.69 Å². The number of aromatic nitrogens is 1. The molecule has 1 aliphatic rings. The van der Waals surface area contributed by atoms with Crippen LogP contribution >= 0.6 is 0 Å². The second-order valence-corrected chi connectivity index (χ2v) is 9.44. The van der Waals surface area contributed by atoms with Crippen molar-refractivity contribution in [1.29, 1.82) is 0 Å². The molecule has 3 aromatic rings. The van der Waals surface area contributed by atoms with E-state index in [4.69, 9.17) is 4.74 Å². The van der Waals surface area contributed by atoms with E-state index >= 15 is 0 Å². The predicted molar refractivity (Wildman–Crippen MR) is 141 cm³/mol. The number of rotatable bonds is 10. The Hall–Kier alpha value is -4.20. The van der Waals surface area contributed by atoms with Crippen LogP contribution < -0.4 is 10.1 Å². The van der Waals surface area contributed by atoms with Gasteiger partial charge in [0, 0.05) is 23.2 Å². The number of hydrogen-bond donors (Lipinski definition) is 2. The number of aliphatic carboxylic acids is 1. The molecular formula is C29H31N3O5. The Balaban J connectivity index is 1.43. The number of anilines is 1. The molecule has 0 radical (unpaired) electrons. The van der Waals surface area contributed by atoms with Crippen LogP contribution in [0, 0.1) is 5.92 Å². The van der Waals surface area contributed by atoms with Crippen LogP contribution in [0.15, 0.2) is 60.8 Å². The first-order valence-electron chi connectivity index (χ1n) is 12.5. The molecule has 1 atom stereocenters. The van der Waals surface area contributed by atoms with Gasteiger partial charge in [-0.3, -0.25) is 14.6 Å². The minimum absolute atomic E-state index is 0.211. The number of hydrogen-bond acceptors (Lipinski definition) is 5. The third-order valence-electron chi connectivity index (χ3n) is 6.36. The summed E-state index contributed by atoms with van der Waals surface area (Å²) in [6.45, 7) is 6.61. The van der Waals surface area contributed by atoms with Crippen molar-refractivity contribution < 1.29 is 24.2 Å². The number of nitrogens with zero attached hydrogens (tertiary/aromatic N) is 2. The van der Waals surface area contributed by atoms with Crippen molar-refractivity contribution in [3.63, 3.8) is 0 Å². The van der Waals surface area contributed by atoms with Crippen LogP contribution in [-0.4, -0.2) is 45.4 Å². The number of nitrogens with one attached hydrogen (secondary N) is 1. The molecule has 0 saturated heterocycles. The first kappa shape index (κ1) is 25.9. The van der Waals surface area contributed by atoms with Crippen molar-refractivity contribution >= 4 is 23.5 Å². The lowest BCUT2D eigenvalue weighted by molar-refractivity contribution is -0.144. The van der Waals surface area contributed by atoms with Crippen LogP contribution in [0.25, 0.3) is 11.3 Å². The molecule has 2 amide bonds. The maximum absolute atomic E-state index is 13.0. The van der Waals surface area contributed by atoms with E-state index in [0.29, 0.717) is 29.1 Å². The zero-order valence-electron chi connectivity index (χ0n) is 21.2. The highest BCUT2D eigenvalue weighted by molar-refractivity contribution is 6.04. The number of carbonyl (C=O) groups is 3. The van der Waals surface area contributed by atoms with Crippen LogP contribution in [0.1, 0.15) is 59.9 Å². The van der Waals surface area contributed by atoms with Gasteiger partial charge in [0.05, 0.1) is 24.2 Å². The average Bonchev–Trinajstić information content (AvgIpc) is 3.19. The molecule has 8 heteroatoms. The highest BCUT2D eigenvalue weighted by atomic mass is 16.5. The van der Waals surface area contributed by atoms with E-state index in [1.54, 1.807) is 62.5 Å².